The number of benzene rings is 6. The molecule has 0 aliphatic heterocycles. The zero-order chi connectivity index (χ0) is 21.9. The molecule has 2 heteroatoms. The van der Waals surface area contributed by atoms with E-state index < -0.39 is 0 Å². The Bertz CT molecular complexity index is 1920. The van der Waals surface area contributed by atoms with E-state index in [2.05, 4.69) is 95.6 Å². The van der Waals surface area contributed by atoms with Gasteiger partial charge in [-0.05, 0) is 57.3 Å². The molecular formula is C31H18N2. The lowest BCUT2D eigenvalue weighted by molar-refractivity contribution is 1.18. The van der Waals surface area contributed by atoms with Crippen LogP contribution in [0.15, 0.2) is 109 Å². The molecule has 152 valence electrons. The quantitative estimate of drug-likeness (QED) is 0.247. The lowest BCUT2D eigenvalue weighted by Crippen LogP contribution is -1.95. The molecule has 33 heavy (non-hydrogen) atoms. The van der Waals surface area contributed by atoms with E-state index in [0.29, 0.717) is 5.56 Å². The average molecular weight is 418 g/mol. The van der Waals surface area contributed by atoms with Gasteiger partial charge in [0.15, 0.2) is 0 Å². The summed E-state index contributed by atoms with van der Waals surface area (Å²) >= 11 is 0. The molecule has 7 aromatic rings. The molecule has 0 aliphatic rings. The summed E-state index contributed by atoms with van der Waals surface area (Å²) in [4.78, 5) is 0. The van der Waals surface area contributed by atoms with Crippen molar-refractivity contribution in [3.05, 3.63) is 115 Å². The SMILES string of the molecule is N#Cc1ccc(-n2c3ccccc3c3c4ccccc4c4c5ccccc5ccc4c32)cc1. The fourth-order valence-corrected chi connectivity index (χ4v) is 5.40. The zero-order valence-electron chi connectivity index (χ0n) is 17.8. The predicted molar refractivity (Wildman–Crippen MR) is 138 cm³/mol. The third-order valence-corrected chi connectivity index (χ3v) is 6.78. The second-order valence-electron chi connectivity index (χ2n) is 8.49. The topological polar surface area (TPSA) is 28.7 Å². The Morgan fingerprint density at radius 2 is 1.15 bits per heavy atom. The maximum Gasteiger partial charge on any atom is 0.0991 e. The molecule has 2 nitrogen and oxygen atoms in total. The zero-order valence-corrected chi connectivity index (χ0v) is 17.8. The van der Waals surface area contributed by atoms with Gasteiger partial charge in [-0.15, -0.1) is 0 Å². The fourth-order valence-electron chi connectivity index (χ4n) is 5.40. The summed E-state index contributed by atoms with van der Waals surface area (Å²) < 4.78 is 2.36. The summed E-state index contributed by atoms with van der Waals surface area (Å²) in [5.74, 6) is 0. The summed E-state index contributed by atoms with van der Waals surface area (Å²) in [5.41, 5.74) is 4.11. The van der Waals surface area contributed by atoms with Crippen LogP contribution < -0.4 is 0 Å². The first-order valence-corrected chi connectivity index (χ1v) is 11.1. The number of nitrogens with zero attached hydrogens (tertiary/aromatic N) is 2. The Hall–Kier alpha value is -4.61. The minimum absolute atomic E-state index is 0.667. The van der Waals surface area contributed by atoms with Crippen LogP contribution in [0.4, 0.5) is 0 Å². The van der Waals surface area contributed by atoms with Crippen LogP contribution in [0.2, 0.25) is 0 Å². The largest absolute Gasteiger partial charge is 0.309 e. The standard InChI is InChI=1S/C31H18N2/c32-19-20-13-16-22(17-14-20)33-28-12-6-5-11-26(28)30-25-10-4-3-9-24(25)29-23-8-2-1-7-21(23)15-18-27(29)31(30)33/h1-18H. The van der Waals surface area contributed by atoms with Gasteiger partial charge in [-0.25, -0.2) is 0 Å². The van der Waals surface area contributed by atoms with Gasteiger partial charge in [-0.1, -0.05) is 78.9 Å². The second kappa shape index (κ2) is 6.69. The van der Waals surface area contributed by atoms with Crippen molar-refractivity contribution in [2.45, 2.75) is 0 Å². The lowest BCUT2D eigenvalue weighted by atomic mass is 9.93. The number of nitriles is 1. The molecule has 0 N–H and O–H groups in total. The Morgan fingerprint density at radius 3 is 1.91 bits per heavy atom. The summed E-state index contributed by atoms with van der Waals surface area (Å²) in [6, 6.07) is 40.6. The number of aromatic nitrogens is 1. The van der Waals surface area contributed by atoms with Gasteiger partial charge >= 0.3 is 0 Å². The predicted octanol–water partition coefficient (Wildman–Crippen LogP) is 8.11. The molecule has 7 rings (SSSR count). The minimum Gasteiger partial charge on any atom is -0.309 e. The van der Waals surface area contributed by atoms with E-state index in [1.54, 1.807) is 0 Å². The first-order valence-electron chi connectivity index (χ1n) is 11.1. The Labute approximate surface area is 190 Å². The van der Waals surface area contributed by atoms with E-state index in [-0.39, 0.29) is 0 Å². The van der Waals surface area contributed by atoms with Crippen LogP contribution in [-0.4, -0.2) is 4.57 Å². The number of rotatable bonds is 1. The molecular weight excluding hydrogens is 400 g/mol. The molecule has 0 radical (unpaired) electrons. The lowest BCUT2D eigenvalue weighted by Gasteiger charge is -2.14. The molecule has 0 aliphatic carbocycles. The summed E-state index contributed by atoms with van der Waals surface area (Å²) in [7, 11) is 0. The second-order valence-corrected chi connectivity index (χ2v) is 8.49. The van der Waals surface area contributed by atoms with Crippen molar-refractivity contribution in [1.82, 2.24) is 4.57 Å². The van der Waals surface area contributed by atoms with Crippen molar-refractivity contribution < 1.29 is 0 Å². The van der Waals surface area contributed by atoms with Gasteiger partial charge in [0.25, 0.3) is 0 Å². The van der Waals surface area contributed by atoms with E-state index in [4.69, 9.17) is 0 Å². The highest BCUT2D eigenvalue weighted by atomic mass is 15.0. The van der Waals surface area contributed by atoms with Gasteiger partial charge in [0, 0.05) is 21.8 Å². The van der Waals surface area contributed by atoms with Crippen molar-refractivity contribution in [2.24, 2.45) is 0 Å². The van der Waals surface area contributed by atoms with E-state index in [1.165, 1.54) is 54.1 Å². The normalized spacial score (nSPS) is 11.6. The summed E-state index contributed by atoms with van der Waals surface area (Å²) in [6.45, 7) is 0. The van der Waals surface area contributed by atoms with Crippen LogP contribution in [0, 0.1) is 11.3 Å². The van der Waals surface area contributed by atoms with Crippen molar-refractivity contribution in [2.75, 3.05) is 0 Å². The first-order chi connectivity index (χ1) is 16.3. The van der Waals surface area contributed by atoms with Crippen LogP contribution >= 0.6 is 0 Å². The maximum absolute atomic E-state index is 9.31. The molecule has 0 unspecified atom stereocenters. The van der Waals surface area contributed by atoms with Crippen LogP contribution in [0.25, 0.3) is 59.8 Å². The molecule has 0 fully saturated rings. The van der Waals surface area contributed by atoms with Crippen molar-refractivity contribution in [1.29, 1.82) is 5.26 Å². The maximum atomic E-state index is 9.31. The van der Waals surface area contributed by atoms with Crippen molar-refractivity contribution in [3.63, 3.8) is 0 Å². The average Bonchev–Trinajstić information content (AvgIpc) is 3.24. The van der Waals surface area contributed by atoms with Crippen LogP contribution in [0.1, 0.15) is 5.56 Å². The number of fused-ring (bicyclic) bond motifs is 10. The fraction of sp³-hybridized carbons (Fsp3) is 0. The van der Waals surface area contributed by atoms with Crippen molar-refractivity contribution in [3.8, 4) is 11.8 Å². The van der Waals surface area contributed by atoms with Gasteiger partial charge in [-0.3, -0.25) is 0 Å². The third kappa shape index (κ3) is 2.42. The molecule has 0 amide bonds. The first kappa shape index (κ1) is 18.0. The van der Waals surface area contributed by atoms with Gasteiger partial charge in [0.2, 0.25) is 0 Å². The van der Waals surface area contributed by atoms with E-state index in [0.717, 1.165) is 5.69 Å². The molecule has 0 spiro atoms. The third-order valence-electron chi connectivity index (χ3n) is 6.78. The molecule has 1 aromatic heterocycles. The van der Waals surface area contributed by atoms with Crippen molar-refractivity contribution >= 4 is 54.1 Å². The molecule has 0 bridgehead atoms. The van der Waals surface area contributed by atoms with E-state index in [1.807, 2.05) is 24.3 Å². The molecule has 0 saturated carbocycles. The minimum atomic E-state index is 0.667. The van der Waals surface area contributed by atoms with E-state index >= 15 is 0 Å². The molecule has 0 atom stereocenters. The van der Waals surface area contributed by atoms with Gasteiger partial charge in [0.05, 0.1) is 22.7 Å². The molecule has 6 aromatic carbocycles. The Kier molecular flexibility index (Phi) is 3.65. The molecule has 1 heterocycles. The molecule has 0 saturated heterocycles. The smallest absolute Gasteiger partial charge is 0.0991 e. The van der Waals surface area contributed by atoms with Crippen LogP contribution in [0.5, 0.6) is 0 Å². The highest BCUT2D eigenvalue weighted by molar-refractivity contribution is 6.35. The highest BCUT2D eigenvalue weighted by Gasteiger charge is 2.19. The Morgan fingerprint density at radius 1 is 0.515 bits per heavy atom. The highest BCUT2D eigenvalue weighted by Crippen LogP contribution is 2.44. The van der Waals surface area contributed by atoms with E-state index in [9.17, 15) is 5.26 Å². The Balaban J connectivity index is 1.82. The number of hydrogen-bond donors (Lipinski definition) is 0. The van der Waals surface area contributed by atoms with Crippen LogP contribution in [-0.2, 0) is 0 Å². The number of hydrogen-bond acceptors (Lipinski definition) is 1. The summed E-state index contributed by atoms with van der Waals surface area (Å²) in [5, 5.41) is 19.4. The van der Waals surface area contributed by atoms with Gasteiger partial charge in [-0.2, -0.15) is 5.26 Å². The monoisotopic (exact) mass is 418 g/mol. The summed E-state index contributed by atoms with van der Waals surface area (Å²) in [6.07, 6.45) is 0. The van der Waals surface area contributed by atoms with Gasteiger partial charge < -0.3 is 4.57 Å². The van der Waals surface area contributed by atoms with Crippen LogP contribution in [0.3, 0.4) is 0 Å². The van der Waals surface area contributed by atoms with Gasteiger partial charge in [0.1, 0.15) is 0 Å². The number of para-hydroxylation sites is 1.